The first-order valence-corrected chi connectivity index (χ1v) is 6.56. The van der Waals surface area contributed by atoms with Gasteiger partial charge in [-0.2, -0.15) is 0 Å². The van der Waals surface area contributed by atoms with Crippen molar-refractivity contribution in [1.82, 2.24) is 0 Å². The van der Waals surface area contributed by atoms with E-state index in [0.717, 1.165) is 5.56 Å². The number of fused-ring (bicyclic) bond motifs is 1. The topological polar surface area (TPSA) is 32.7 Å². The van der Waals surface area contributed by atoms with E-state index in [-0.39, 0.29) is 11.0 Å². The van der Waals surface area contributed by atoms with Crippen LogP contribution in [0.2, 0.25) is 0 Å². The van der Waals surface area contributed by atoms with Gasteiger partial charge in [-0.1, -0.05) is 24.3 Å². The molecule has 0 fully saturated rings. The molecule has 0 saturated heterocycles. The fraction of sp³-hybridized carbons (Fsp3) is 0.133. The molecule has 1 aromatic rings. The molecule has 1 atom stereocenters. The molecule has 1 unspecified atom stereocenters. The highest BCUT2D eigenvalue weighted by Gasteiger charge is 2.35. The Bertz CT molecular complexity index is 706. The molecular formula is C15H11FN2OS. The van der Waals surface area contributed by atoms with Gasteiger partial charge in [0.05, 0.1) is 17.3 Å². The van der Waals surface area contributed by atoms with E-state index in [9.17, 15) is 9.18 Å². The summed E-state index contributed by atoms with van der Waals surface area (Å²) in [5.74, 6) is -1.06. The van der Waals surface area contributed by atoms with Crippen LogP contribution in [0.3, 0.4) is 0 Å². The maximum Gasteiger partial charge on any atom is 0.246 e. The number of hydrogen-bond donors (Lipinski definition) is 0. The molecule has 0 N–H and O–H groups in total. The summed E-state index contributed by atoms with van der Waals surface area (Å²) in [4.78, 5) is 18.2. The Kier molecular flexibility index (Phi) is 3.06. The van der Waals surface area contributed by atoms with Crippen molar-refractivity contribution in [1.29, 1.82) is 0 Å². The minimum absolute atomic E-state index is 0.148. The summed E-state index contributed by atoms with van der Waals surface area (Å²) < 4.78 is 13.4. The Morgan fingerprint density at radius 3 is 2.95 bits per heavy atom. The average Bonchev–Trinajstić information content (AvgIpc) is 2.42. The van der Waals surface area contributed by atoms with Crippen molar-refractivity contribution >= 4 is 34.6 Å². The second-order valence-corrected chi connectivity index (χ2v) is 5.01. The van der Waals surface area contributed by atoms with Crippen molar-refractivity contribution in [3.8, 4) is 0 Å². The first-order chi connectivity index (χ1) is 9.58. The number of aliphatic imine (C=N–C) groups is 1. The van der Waals surface area contributed by atoms with Gasteiger partial charge in [0.2, 0.25) is 11.0 Å². The Balaban J connectivity index is 2.11. The minimum atomic E-state index is -0.450. The summed E-state index contributed by atoms with van der Waals surface area (Å²) in [7, 11) is 0. The molecule has 1 heterocycles. The van der Waals surface area contributed by atoms with E-state index in [4.69, 9.17) is 12.2 Å². The number of carbonyl (C=O) groups is 1. The fourth-order valence-corrected chi connectivity index (χ4v) is 2.58. The third kappa shape index (κ3) is 2.00. The van der Waals surface area contributed by atoms with Gasteiger partial charge in [-0.3, -0.25) is 9.69 Å². The number of allylic oxidation sites excluding steroid dienone is 3. The predicted octanol–water partition coefficient (Wildman–Crippen LogP) is 2.95. The third-order valence-corrected chi connectivity index (χ3v) is 3.59. The Labute approximate surface area is 121 Å². The van der Waals surface area contributed by atoms with Crippen LogP contribution in [0.1, 0.15) is 5.56 Å². The molecule has 3 rings (SSSR count). The number of rotatable bonds is 1. The van der Waals surface area contributed by atoms with Crippen LogP contribution in [0.15, 0.2) is 47.5 Å². The smallest absolute Gasteiger partial charge is 0.246 e. The van der Waals surface area contributed by atoms with Gasteiger partial charge >= 0.3 is 0 Å². The van der Waals surface area contributed by atoms with Crippen LogP contribution in [0.4, 0.5) is 10.1 Å². The quantitative estimate of drug-likeness (QED) is 0.744. The van der Waals surface area contributed by atoms with Crippen LogP contribution in [-0.2, 0) is 4.79 Å². The third-order valence-electron chi connectivity index (χ3n) is 3.31. The van der Waals surface area contributed by atoms with E-state index in [0.29, 0.717) is 11.4 Å². The lowest BCUT2D eigenvalue weighted by molar-refractivity contribution is -0.118. The fourth-order valence-electron chi connectivity index (χ4n) is 2.29. The van der Waals surface area contributed by atoms with Crippen LogP contribution < -0.4 is 4.90 Å². The maximum atomic E-state index is 13.4. The minimum Gasteiger partial charge on any atom is -0.273 e. The number of halogens is 1. The molecule has 1 aliphatic heterocycles. The van der Waals surface area contributed by atoms with Gasteiger partial charge in [-0.25, -0.2) is 9.38 Å². The summed E-state index contributed by atoms with van der Waals surface area (Å²) in [5.41, 5.74) is 1.86. The van der Waals surface area contributed by atoms with Crippen LogP contribution in [0.25, 0.3) is 0 Å². The number of hydrogen-bond acceptors (Lipinski definition) is 2. The molecule has 100 valence electrons. The van der Waals surface area contributed by atoms with Crippen molar-refractivity contribution in [3.63, 3.8) is 0 Å². The molecule has 2 aliphatic rings. The van der Waals surface area contributed by atoms with Crippen LogP contribution in [0, 0.1) is 18.7 Å². The zero-order valence-corrected chi connectivity index (χ0v) is 11.5. The van der Waals surface area contributed by atoms with Crippen molar-refractivity contribution in [3.05, 3.63) is 53.9 Å². The van der Waals surface area contributed by atoms with E-state index in [2.05, 4.69) is 4.99 Å². The van der Waals surface area contributed by atoms with Gasteiger partial charge in [0.1, 0.15) is 5.82 Å². The second kappa shape index (κ2) is 4.76. The molecule has 0 saturated carbocycles. The first-order valence-electron chi connectivity index (χ1n) is 6.15. The SMILES string of the molecule is Cc1ccc(F)cc1N1C(=O)C2C=CC=CC2=NC1=S. The monoisotopic (exact) mass is 286 g/mol. The number of carbonyl (C=O) groups excluding carboxylic acids is 1. The molecule has 0 spiro atoms. The van der Waals surface area contributed by atoms with Gasteiger partial charge in [0.15, 0.2) is 0 Å². The van der Waals surface area contributed by atoms with E-state index in [1.54, 1.807) is 31.2 Å². The molecule has 1 aliphatic carbocycles. The summed E-state index contributed by atoms with van der Waals surface area (Å²) in [6, 6.07) is 4.28. The largest absolute Gasteiger partial charge is 0.273 e. The van der Waals surface area contributed by atoms with Gasteiger partial charge < -0.3 is 0 Å². The molecule has 1 amide bonds. The molecule has 3 nitrogen and oxygen atoms in total. The van der Waals surface area contributed by atoms with Crippen molar-refractivity contribution in [2.75, 3.05) is 4.90 Å². The van der Waals surface area contributed by atoms with Crippen molar-refractivity contribution < 1.29 is 9.18 Å². The van der Waals surface area contributed by atoms with Crippen molar-refractivity contribution in [2.24, 2.45) is 10.9 Å². The Morgan fingerprint density at radius 2 is 2.15 bits per heavy atom. The predicted molar refractivity (Wildman–Crippen MR) is 80.4 cm³/mol. The zero-order valence-electron chi connectivity index (χ0n) is 10.7. The maximum absolute atomic E-state index is 13.4. The van der Waals surface area contributed by atoms with Crippen LogP contribution in [-0.4, -0.2) is 16.7 Å². The van der Waals surface area contributed by atoms with Gasteiger partial charge in [-0.05, 0) is 42.9 Å². The van der Waals surface area contributed by atoms with Gasteiger partial charge in [0, 0.05) is 0 Å². The number of amides is 1. The standard InChI is InChI=1S/C15H11FN2OS/c1-9-6-7-10(16)8-13(9)18-14(19)11-4-2-3-5-12(11)17-15(18)20/h2-8,11H,1H3. The summed E-state index contributed by atoms with van der Waals surface area (Å²) >= 11 is 5.19. The summed E-state index contributed by atoms with van der Waals surface area (Å²) in [5, 5.41) is 0.148. The summed E-state index contributed by atoms with van der Waals surface area (Å²) in [6.45, 7) is 1.81. The van der Waals surface area contributed by atoms with E-state index < -0.39 is 11.7 Å². The Morgan fingerprint density at radius 1 is 1.35 bits per heavy atom. The van der Waals surface area contributed by atoms with Gasteiger partial charge in [-0.15, -0.1) is 0 Å². The van der Waals surface area contributed by atoms with E-state index in [1.165, 1.54) is 17.0 Å². The second-order valence-electron chi connectivity index (χ2n) is 4.65. The van der Waals surface area contributed by atoms with Crippen molar-refractivity contribution in [2.45, 2.75) is 6.92 Å². The lowest BCUT2D eigenvalue weighted by atomic mass is 9.95. The first kappa shape index (κ1) is 12.9. The highest BCUT2D eigenvalue weighted by atomic mass is 32.1. The number of nitrogens with zero attached hydrogens (tertiary/aromatic N) is 2. The Hall–Kier alpha value is -2.14. The zero-order chi connectivity index (χ0) is 14.3. The molecule has 5 heteroatoms. The molecule has 0 radical (unpaired) electrons. The average molecular weight is 286 g/mol. The number of aryl methyl sites for hydroxylation is 1. The lowest BCUT2D eigenvalue weighted by Crippen LogP contribution is -2.46. The van der Waals surface area contributed by atoms with E-state index in [1.807, 2.05) is 6.08 Å². The van der Waals surface area contributed by atoms with Crippen LogP contribution >= 0.6 is 12.2 Å². The number of anilines is 1. The highest BCUT2D eigenvalue weighted by molar-refractivity contribution is 7.80. The molecule has 1 aromatic carbocycles. The van der Waals surface area contributed by atoms with Crippen LogP contribution in [0.5, 0.6) is 0 Å². The molecule has 0 aromatic heterocycles. The highest BCUT2D eigenvalue weighted by Crippen LogP contribution is 2.28. The molecule has 0 bridgehead atoms. The van der Waals surface area contributed by atoms with Gasteiger partial charge in [0.25, 0.3) is 0 Å². The van der Waals surface area contributed by atoms with E-state index >= 15 is 0 Å². The molecule has 20 heavy (non-hydrogen) atoms. The summed E-state index contributed by atoms with van der Waals surface area (Å²) in [6.07, 6.45) is 7.15. The lowest BCUT2D eigenvalue weighted by Gasteiger charge is -2.31. The number of thiocarbonyl (C=S) groups is 1. The number of benzene rings is 1. The normalized spacial score (nSPS) is 21.0. The molecular weight excluding hydrogens is 275 g/mol.